The summed E-state index contributed by atoms with van der Waals surface area (Å²) in [6.45, 7) is 11.1. The van der Waals surface area contributed by atoms with Crippen molar-refractivity contribution in [2.24, 2.45) is 5.92 Å². The Labute approximate surface area is 217 Å². The average Bonchev–Trinajstić information content (AvgIpc) is 3.39. The molecule has 0 saturated heterocycles. The molecule has 2 N–H and O–H groups in total. The molecule has 2 aromatic rings. The van der Waals surface area contributed by atoms with E-state index in [1.165, 1.54) is 27.4 Å². The lowest BCUT2D eigenvalue weighted by Crippen LogP contribution is -2.46. The molecule has 0 bridgehead atoms. The van der Waals surface area contributed by atoms with E-state index in [9.17, 15) is 19.2 Å². The van der Waals surface area contributed by atoms with E-state index >= 15 is 0 Å². The van der Waals surface area contributed by atoms with E-state index < -0.39 is 11.9 Å². The minimum Gasteiger partial charge on any atom is -0.351 e. The van der Waals surface area contributed by atoms with Gasteiger partial charge in [-0.3, -0.25) is 24.5 Å². The first-order valence-corrected chi connectivity index (χ1v) is 13.5. The molecule has 0 fully saturated rings. The molecule has 0 radical (unpaired) electrons. The normalized spacial score (nSPS) is 14.8. The Morgan fingerprint density at radius 1 is 1.14 bits per heavy atom. The number of thiophene rings is 1. The van der Waals surface area contributed by atoms with Crippen LogP contribution in [0.4, 0.5) is 0 Å². The number of aryl methyl sites for hydroxylation is 1. The fraction of sp³-hybridized carbons (Fsp3) is 0.500. The summed E-state index contributed by atoms with van der Waals surface area (Å²) in [5, 5.41) is 7.00. The quantitative estimate of drug-likeness (QED) is 0.439. The van der Waals surface area contributed by atoms with Gasteiger partial charge in [0, 0.05) is 22.7 Å². The molecule has 194 valence electrons. The zero-order chi connectivity index (χ0) is 26.5. The van der Waals surface area contributed by atoms with Gasteiger partial charge in [0.05, 0.1) is 12.1 Å². The molecule has 2 unspecified atom stereocenters. The lowest BCUT2D eigenvalue weighted by atomic mass is 9.86. The van der Waals surface area contributed by atoms with Crippen LogP contribution in [0.25, 0.3) is 0 Å². The molecule has 0 saturated carbocycles. The second-order valence-corrected chi connectivity index (χ2v) is 11.5. The van der Waals surface area contributed by atoms with Gasteiger partial charge >= 0.3 is 0 Å². The van der Waals surface area contributed by atoms with E-state index in [0.29, 0.717) is 37.9 Å². The fourth-order valence-corrected chi connectivity index (χ4v) is 5.43. The van der Waals surface area contributed by atoms with Gasteiger partial charge in [0.15, 0.2) is 0 Å². The third-order valence-electron chi connectivity index (χ3n) is 6.80. The molecule has 1 aromatic heterocycles. The topological polar surface area (TPSA) is 95.6 Å². The van der Waals surface area contributed by atoms with Gasteiger partial charge in [-0.1, -0.05) is 65.3 Å². The van der Waals surface area contributed by atoms with Crippen molar-refractivity contribution in [2.45, 2.75) is 84.8 Å². The van der Waals surface area contributed by atoms with Crippen LogP contribution < -0.4 is 10.6 Å². The first-order chi connectivity index (χ1) is 17.1. The van der Waals surface area contributed by atoms with Gasteiger partial charge in [-0.05, 0) is 41.4 Å². The molecule has 4 amide bonds. The molecule has 3 rings (SSSR count). The molecule has 2 atom stereocenters. The predicted octanol–water partition coefficient (Wildman–Crippen LogP) is 4.33. The van der Waals surface area contributed by atoms with Crippen molar-refractivity contribution in [1.29, 1.82) is 0 Å². The van der Waals surface area contributed by atoms with Gasteiger partial charge < -0.3 is 10.2 Å². The van der Waals surface area contributed by atoms with Gasteiger partial charge in [0.25, 0.3) is 5.91 Å². The molecule has 8 heteroatoms. The Morgan fingerprint density at radius 2 is 1.83 bits per heavy atom. The average molecular weight is 512 g/mol. The highest BCUT2D eigenvalue weighted by Crippen LogP contribution is 2.33. The van der Waals surface area contributed by atoms with E-state index in [1.54, 1.807) is 5.38 Å². The number of rotatable bonds is 11. The minimum atomic E-state index is -0.690. The molecule has 0 spiro atoms. The smallest absolute Gasteiger partial charge is 0.256 e. The maximum Gasteiger partial charge on any atom is 0.256 e. The summed E-state index contributed by atoms with van der Waals surface area (Å²) in [5.74, 6) is -0.826. The van der Waals surface area contributed by atoms with E-state index in [4.69, 9.17) is 0 Å². The lowest BCUT2D eigenvalue weighted by molar-refractivity contribution is -0.129. The van der Waals surface area contributed by atoms with Crippen LogP contribution in [0.3, 0.4) is 0 Å². The highest BCUT2D eigenvalue weighted by molar-refractivity contribution is 7.10. The van der Waals surface area contributed by atoms with E-state index in [0.717, 1.165) is 23.3 Å². The number of hydrogen-bond acceptors (Lipinski definition) is 5. The first-order valence-electron chi connectivity index (χ1n) is 12.6. The third kappa shape index (κ3) is 6.40. The second kappa shape index (κ2) is 11.8. The van der Waals surface area contributed by atoms with Crippen molar-refractivity contribution in [3.63, 3.8) is 0 Å². The van der Waals surface area contributed by atoms with Crippen molar-refractivity contribution in [3.05, 3.63) is 56.8 Å². The summed E-state index contributed by atoms with van der Waals surface area (Å²) in [4.78, 5) is 51.3. The molecule has 1 aromatic carbocycles. The van der Waals surface area contributed by atoms with E-state index in [1.807, 2.05) is 13.8 Å². The van der Waals surface area contributed by atoms with Crippen LogP contribution in [-0.2, 0) is 39.3 Å². The summed E-state index contributed by atoms with van der Waals surface area (Å²) >= 11 is 1.45. The summed E-state index contributed by atoms with van der Waals surface area (Å²) in [7, 11) is 0. The first kappa shape index (κ1) is 27.6. The molecule has 2 heterocycles. The van der Waals surface area contributed by atoms with Gasteiger partial charge in [-0.2, -0.15) is 0 Å². The molecule has 7 nitrogen and oxygen atoms in total. The Morgan fingerprint density at radius 3 is 2.44 bits per heavy atom. The zero-order valence-electron chi connectivity index (χ0n) is 21.8. The maximum absolute atomic E-state index is 13.0. The van der Waals surface area contributed by atoms with Crippen molar-refractivity contribution < 1.29 is 19.2 Å². The number of nitrogens with one attached hydrogen (secondary N) is 2. The Bertz CT molecular complexity index is 1100. The number of amides is 4. The summed E-state index contributed by atoms with van der Waals surface area (Å²) in [5.41, 5.74) is 4.07. The van der Waals surface area contributed by atoms with Crippen LogP contribution in [0, 0.1) is 5.92 Å². The summed E-state index contributed by atoms with van der Waals surface area (Å²) < 4.78 is 0. The van der Waals surface area contributed by atoms with Crippen LogP contribution in [0.5, 0.6) is 0 Å². The monoisotopic (exact) mass is 511 g/mol. The van der Waals surface area contributed by atoms with Crippen molar-refractivity contribution in [3.8, 4) is 0 Å². The molecule has 0 aliphatic carbocycles. The SMILES string of the molecule is CCCC(C(=O)NC=O)N1Cc2c(csc2CNC(=O)C(C)CCc2ccc(C(C)(C)C)cc2)C1=O. The highest BCUT2D eigenvalue weighted by atomic mass is 32.1. The Kier molecular flexibility index (Phi) is 9.06. The van der Waals surface area contributed by atoms with E-state index in [-0.39, 0.29) is 23.1 Å². The zero-order valence-corrected chi connectivity index (χ0v) is 22.7. The molecule has 36 heavy (non-hydrogen) atoms. The van der Waals surface area contributed by atoms with Gasteiger partial charge in [0.2, 0.25) is 18.2 Å². The number of carbonyl (C=O) groups excluding carboxylic acids is 4. The molecule has 1 aliphatic heterocycles. The maximum atomic E-state index is 13.0. The highest BCUT2D eigenvalue weighted by Gasteiger charge is 2.38. The predicted molar refractivity (Wildman–Crippen MR) is 142 cm³/mol. The van der Waals surface area contributed by atoms with Crippen LogP contribution in [-0.4, -0.2) is 35.1 Å². The summed E-state index contributed by atoms with van der Waals surface area (Å²) in [6.07, 6.45) is 3.11. The Balaban J connectivity index is 1.56. The molecule has 1 aliphatic rings. The Hall–Kier alpha value is -3.00. The lowest BCUT2D eigenvalue weighted by Gasteiger charge is -2.26. The van der Waals surface area contributed by atoms with Gasteiger partial charge in [-0.15, -0.1) is 11.3 Å². The number of carbonyl (C=O) groups is 4. The van der Waals surface area contributed by atoms with Crippen molar-refractivity contribution in [2.75, 3.05) is 0 Å². The number of hydrogen-bond donors (Lipinski definition) is 2. The van der Waals surface area contributed by atoms with Gasteiger partial charge in [0.1, 0.15) is 6.04 Å². The number of imide groups is 1. The van der Waals surface area contributed by atoms with Crippen molar-refractivity contribution >= 4 is 35.5 Å². The van der Waals surface area contributed by atoms with Crippen LogP contribution in [0.2, 0.25) is 0 Å². The molecular formula is C28H37N3O4S. The molecular weight excluding hydrogens is 474 g/mol. The standard InChI is InChI=1S/C28H37N3O4S/c1-6-7-23(26(34)30-17-32)31-15-21-22(27(31)35)16-36-24(21)14-29-25(33)18(2)8-9-19-10-12-20(13-11-19)28(3,4)5/h10-13,16-18,23H,6-9,14-15H2,1-5H3,(H,29,33)(H,30,32,34). The number of nitrogens with zero attached hydrogens (tertiary/aromatic N) is 1. The number of benzene rings is 1. The second-order valence-electron chi connectivity index (χ2n) is 10.5. The number of fused-ring (bicyclic) bond motifs is 1. The third-order valence-corrected chi connectivity index (χ3v) is 7.83. The fourth-order valence-electron chi connectivity index (χ4n) is 4.46. The van der Waals surface area contributed by atoms with Gasteiger partial charge in [-0.25, -0.2) is 0 Å². The van der Waals surface area contributed by atoms with Crippen LogP contribution >= 0.6 is 11.3 Å². The summed E-state index contributed by atoms with van der Waals surface area (Å²) in [6, 6.07) is 7.92. The van der Waals surface area contributed by atoms with Crippen molar-refractivity contribution in [1.82, 2.24) is 15.5 Å². The van der Waals surface area contributed by atoms with E-state index in [2.05, 4.69) is 55.7 Å². The largest absolute Gasteiger partial charge is 0.351 e. The van der Waals surface area contributed by atoms with Crippen LogP contribution in [0.1, 0.15) is 85.8 Å². The van der Waals surface area contributed by atoms with Crippen LogP contribution in [0.15, 0.2) is 29.6 Å². The minimum absolute atomic E-state index is 0.0149.